The van der Waals surface area contributed by atoms with E-state index in [1.54, 1.807) is 0 Å². The van der Waals surface area contributed by atoms with Crippen LogP contribution in [-0.4, -0.2) is 40.6 Å². The molecule has 0 saturated carbocycles. The highest BCUT2D eigenvalue weighted by Gasteiger charge is 2.51. The topological polar surface area (TPSA) is 78.5 Å². The van der Waals surface area contributed by atoms with Crippen LogP contribution in [-0.2, 0) is 15.9 Å². The standard InChI is InChI=1S/C20H24BN3O4/c1-13-17(10-22)23-18-24(13)11-16(26-18)12-25-15-8-6-14(7-9-15)21-27-19(2,3)20(4,5)28-21/h6-9,16H,11-12H2,1-5H3/t16-/m0/s1. The van der Waals surface area contributed by atoms with E-state index in [0.717, 1.165) is 16.9 Å². The van der Waals surface area contributed by atoms with Crippen molar-refractivity contribution >= 4 is 12.6 Å². The molecule has 1 atom stereocenters. The number of hydrogen-bond acceptors (Lipinski definition) is 6. The summed E-state index contributed by atoms with van der Waals surface area (Å²) in [5.74, 6) is 0.753. The van der Waals surface area contributed by atoms with Gasteiger partial charge in [-0.2, -0.15) is 10.2 Å². The Labute approximate surface area is 165 Å². The Hall–Kier alpha value is -2.50. The van der Waals surface area contributed by atoms with Gasteiger partial charge in [-0.3, -0.25) is 4.57 Å². The SMILES string of the molecule is Cc1c(C#N)nc2n1C[C@@H](COc1ccc(B3OC(C)(C)C(C)(C)O3)cc1)O2. The van der Waals surface area contributed by atoms with Crippen LogP contribution < -0.4 is 14.9 Å². The summed E-state index contributed by atoms with van der Waals surface area (Å²) in [6.07, 6.45) is -0.128. The molecule has 0 aliphatic carbocycles. The van der Waals surface area contributed by atoms with Gasteiger partial charge in [-0.25, -0.2) is 0 Å². The normalized spacial score (nSPS) is 21.9. The molecule has 1 aromatic heterocycles. The lowest BCUT2D eigenvalue weighted by Crippen LogP contribution is -2.41. The zero-order chi connectivity index (χ0) is 20.1. The molecular formula is C20H24BN3O4. The van der Waals surface area contributed by atoms with Gasteiger partial charge in [-0.05, 0) is 52.2 Å². The first-order valence-corrected chi connectivity index (χ1v) is 9.42. The Bertz CT molecular complexity index is 914. The van der Waals surface area contributed by atoms with Crippen molar-refractivity contribution in [1.29, 1.82) is 5.26 Å². The number of nitriles is 1. The molecule has 2 aromatic rings. The van der Waals surface area contributed by atoms with Crippen molar-refractivity contribution < 1.29 is 18.8 Å². The highest BCUT2D eigenvalue weighted by atomic mass is 16.7. The van der Waals surface area contributed by atoms with Crippen LogP contribution in [0.4, 0.5) is 0 Å². The monoisotopic (exact) mass is 381 g/mol. The van der Waals surface area contributed by atoms with Crippen LogP contribution >= 0.6 is 0 Å². The van der Waals surface area contributed by atoms with Gasteiger partial charge < -0.3 is 18.8 Å². The van der Waals surface area contributed by atoms with Crippen molar-refractivity contribution in [2.75, 3.05) is 6.61 Å². The minimum Gasteiger partial charge on any atom is -0.490 e. The Morgan fingerprint density at radius 3 is 2.43 bits per heavy atom. The summed E-state index contributed by atoms with van der Waals surface area (Å²) in [7, 11) is -0.383. The van der Waals surface area contributed by atoms with Gasteiger partial charge in [0.05, 0.1) is 23.4 Å². The van der Waals surface area contributed by atoms with Crippen molar-refractivity contribution in [2.24, 2.45) is 0 Å². The van der Waals surface area contributed by atoms with Crippen molar-refractivity contribution in [3.63, 3.8) is 0 Å². The van der Waals surface area contributed by atoms with E-state index in [9.17, 15) is 0 Å². The van der Waals surface area contributed by atoms with E-state index in [-0.39, 0.29) is 24.4 Å². The molecule has 1 saturated heterocycles. The molecule has 0 unspecified atom stereocenters. The van der Waals surface area contributed by atoms with Crippen LogP contribution in [0.5, 0.6) is 11.8 Å². The molecule has 8 heteroatoms. The van der Waals surface area contributed by atoms with Gasteiger partial charge in [-0.1, -0.05) is 12.1 Å². The number of fused-ring (bicyclic) bond motifs is 1. The fourth-order valence-electron chi connectivity index (χ4n) is 3.29. The summed E-state index contributed by atoms with van der Waals surface area (Å²) in [5.41, 5.74) is 1.48. The van der Waals surface area contributed by atoms with Crippen LogP contribution in [0.2, 0.25) is 0 Å². The number of imidazole rings is 1. The number of nitrogens with zero attached hydrogens (tertiary/aromatic N) is 3. The Morgan fingerprint density at radius 1 is 1.21 bits per heavy atom. The van der Waals surface area contributed by atoms with Gasteiger partial charge in [0, 0.05) is 0 Å². The zero-order valence-electron chi connectivity index (χ0n) is 16.9. The van der Waals surface area contributed by atoms with E-state index in [4.69, 9.17) is 24.0 Å². The highest BCUT2D eigenvalue weighted by Crippen LogP contribution is 2.36. The summed E-state index contributed by atoms with van der Waals surface area (Å²) in [5, 5.41) is 9.03. The second-order valence-corrected chi connectivity index (χ2v) is 8.26. The second kappa shape index (κ2) is 6.54. The third kappa shape index (κ3) is 3.15. The van der Waals surface area contributed by atoms with Crippen LogP contribution in [0.25, 0.3) is 0 Å². The quantitative estimate of drug-likeness (QED) is 0.756. The fourth-order valence-corrected chi connectivity index (χ4v) is 3.29. The highest BCUT2D eigenvalue weighted by molar-refractivity contribution is 6.62. The average Bonchev–Trinajstić information content (AvgIpc) is 3.24. The Balaban J connectivity index is 1.34. The fraction of sp³-hybridized carbons (Fsp3) is 0.500. The first kappa shape index (κ1) is 18.8. The molecule has 3 heterocycles. The van der Waals surface area contributed by atoms with E-state index in [2.05, 4.69) is 11.1 Å². The summed E-state index contributed by atoms with van der Waals surface area (Å²) in [6.45, 7) is 11.1. The molecule has 4 rings (SSSR count). The maximum Gasteiger partial charge on any atom is 0.494 e. The lowest BCUT2D eigenvalue weighted by atomic mass is 9.79. The maximum atomic E-state index is 9.03. The predicted molar refractivity (Wildman–Crippen MR) is 104 cm³/mol. The van der Waals surface area contributed by atoms with E-state index in [0.29, 0.717) is 24.9 Å². The van der Waals surface area contributed by atoms with Gasteiger partial charge in [0.2, 0.25) is 0 Å². The zero-order valence-corrected chi connectivity index (χ0v) is 16.9. The summed E-state index contributed by atoms with van der Waals surface area (Å²) in [4.78, 5) is 4.19. The minimum absolute atomic E-state index is 0.128. The van der Waals surface area contributed by atoms with Crippen molar-refractivity contribution in [1.82, 2.24) is 9.55 Å². The van der Waals surface area contributed by atoms with Gasteiger partial charge in [0.1, 0.15) is 18.4 Å². The minimum atomic E-state index is -0.383. The molecule has 0 N–H and O–H groups in total. The lowest BCUT2D eigenvalue weighted by Gasteiger charge is -2.32. The molecule has 7 nitrogen and oxygen atoms in total. The molecule has 1 fully saturated rings. The van der Waals surface area contributed by atoms with E-state index < -0.39 is 0 Å². The molecule has 2 aliphatic heterocycles. The molecule has 0 amide bonds. The number of aromatic nitrogens is 2. The number of ether oxygens (including phenoxy) is 2. The maximum absolute atomic E-state index is 9.03. The van der Waals surface area contributed by atoms with E-state index >= 15 is 0 Å². The molecule has 146 valence electrons. The van der Waals surface area contributed by atoms with E-state index in [1.807, 2.05) is 63.5 Å². The second-order valence-electron chi connectivity index (χ2n) is 8.26. The number of benzene rings is 1. The average molecular weight is 381 g/mol. The largest absolute Gasteiger partial charge is 0.494 e. The molecule has 0 spiro atoms. The third-order valence-corrected chi connectivity index (χ3v) is 5.79. The molecule has 2 aliphatic rings. The molecule has 0 radical (unpaired) electrons. The Morgan fingerprint density at radius 2 is 1.86 bits per heavy atom. The summed E-state index contributed by atoms with van der Waals surface area (Å²) >= 11 is 0. The predicted octanol–water partition coefficient (Wildman–Crippen LogP) is 2.20. The lowest BCUT2D eigenvalue weighted by molar-refractivity contribution is 0.00578. The van der Waals surface area contributed by atoms with Gasteiger partial charge in [-0.15, -0.1) is 0 Å². The summed E-state index contributed by atoms with van der Waals surface area (Å²) in [6, 6.07) is 10.3. The van der Waals surface area contributed by atoms with Crippen LogP contribution in [0, 0.1) is 18.3 Å². The van der Waals surface area contributed by atoms with Crippen molar-refractivity contribution in [2.45, 2.75) is 58.5 Å². The third-order valence-electron chi connectivity index (χ3n) is 5.79. The molecule has 28 heavy (non-hydrogen) atoms. The first-order chi connectivity index (χ1) is 13.2. The first-order valence-electron chi connectivity index (χ1n) is 9.42. The van der Waals surface area contributed by atoms with Gasteiger partial charge in [0.15, 0.2) is 11.8 Å². The van der Waals surface area contributed by atoms with Crippen LogP contribution in [0.15, 0.2) is 24.3 Å². The van der Waals surface area contributed by atoms with Crippen molar-refractivity contribution in [3.8, 4) is 17.8 Å². The molecule has 0 bridgehead atoms. The van der Waals surface area contributed by atoms with E-state index in [1.165, 1.54) is 0 Å². The summed E-state index contributed by atoms with van der Waals surface area (Å²) < 4.78 is 25.7. The van der Waals surface area contributed by atoms with Gasteiger partial charge in [0.25, 0.3) is 6.01 Å². The molecule has 1 aromatic carbocycles. The van der Waals surface area contributed by atoms with Crippen LogP contribution in [0.3, 0.4) is 0 Å². The number of hydrogen-bond donors (Lipinski definition) is 0. The smallest absolute Gasteiger partial charge is 0.490 e. The van der Waals surface area contributed by atoms with Crippen LogP contribution in [0.1, 0.15) is 39.1 Å². The Kier molecular flexibility index (Phi) is 4.40. The van der Waals surface area contributed by atoms with Crippen molar-refractivity contribution in [3.05, 3.63) is 35.7 Å². The van der Waals surface area contributed by atoms with Gasteiger partial charge >= 0.3 is 7.12 Å². The number of rotatable bonds is 4. The molecular weight excluding hydrogens is 357 g/mol.